The molecular formula is C67H55N. The monoisotopic (exact) mass is 873 g/mol. The predicted octanol–water partition coefficient (Wildman–Crippen LogP) is 18.0. The molecule has 0 spiro atoms. The van der Waals surface area contributed by atoms with Gasteiger partial charge >= 0.3 is 0 Å². The number of anilines is 3. The second-order valence-corrected chi connectivity index (χ2v) is 20.3. The first-order chi connectivity index (χ1) is 33.2. The minimum atomic E-state index is -0.563. The van der Waals surface area contributed by atoms with Crippen molar-refractivity contribution in [2.45, 2.75) is 56.8 Å². The highest BCUT2D eigenvalue weighted by Gasteiger charge is 2.47. The van der Waals surface area contributed by atoms with Crippen LogP contribution in [0.2, 0.25) is 0 Å². The molecule has 10 aromatic carbocycles. The van der Waals surface area contributed by atoms with Crippen LogP contribution < -0.4 is 4.90 Å². The smallest absolute Gasteiger partial charge is 0.0714 e. The Morgan fingerprint density at radius 1 is 0.309 bits per heavy atom. The van der Waals surface area contributed by atoms with Gasteiger partial charge in [0.05, 0.1) is 11.1 Å². The minimum absolute atomic E-state index is 0.0473. The third-order valence-corrected chi connectivity index (χ3v) is 15.4. The van der Waals surface area contributed by atoms with Gasteiger partial charge in [-0.2, -0.15) is 0 Å². The maximum absolute atomic E-state index is 2.56. The molecule has 0 bridgehead atoms. The van der Waals surface area contributed by atoms with Crippen LogP contribution >= 0.6 is 0 Å². The number of hydrogen-bond donors (Lipinski definition) is 0. The van der Waals surface area contributed by atoms with E-state index in [1.807, 2.05) is 0 Å². The van der Waals surface area contributed by atoms with Gasteiger partial charge in [-0.25, -0.2) is 0 Å². The Labute approximate surface area is 402 Å². The Balaban J connectivity index is 1.15. The largest absolute Gasteiger partial charge is 0.310 e. The minimum Gasteiger partial charge on any atom is -0.310 e. The maximum Gasteiger partial charge on any atom is 0.0714 e. The molecule has 2 aliphatic rings. The fourth-order valence-corrected chi connectivity index (χ4v) is 11.7. The van der Waals surface area contributed by atoms with Gasteiger partial charge in [0.25, 0.3) is 0 Å². The number of nitrogens with zero attached hydrogens (tertiary/aromatic N) is 1. The van der Waals surface area contributed by atoms with E-state index in [9.17, 15) is 0 Å². The molecule has 0 aliphatic heterocycles. The first-order valence-corrected chi connectivity index (χ1v) is 24.3. The summed E-state index contributed by atoms with van der Waals surface area (Å²) in [5.74, 6) is 0. The molecule has 0 fully saturated rings. The molecule has 0 N–H and O–H groups in total. The van der Waals surface area contributed by atoms with Crippen molar-refractivity contribution < 1.29 is 0 Å². The Hall–Kier alpha value is -7.74. The average Bonchev–Trinajstić information content (AvgIpc) is 3.68. The first kappa shape index (κ1) is 41.7. The molecule has 0 radical (unpaired) electrons. The molecule has 328 valence electrons. The van der Waals surface area contributed by atoms with Crippen molar-refractivity contribution in [1.29, 1.82) is 0 Å². The van der Waals surface area contributed by atoms with E-state index in [1.54, 1.807) is 0 Å². The number of fused-ring (bicyclic) bond motifs is 5. The van der Waals surface area contributed by atoms with Crippen LogP contribution in [0.5, 0.6) is 0 Å². The van der Waals surface area contributed by atoms with Crippen molar-refractivity contribution in [3.63, 3.8) is 0 Å². The van der Waals surface area contributed by atoms with E-state index in [2.05, 4.69) is 269 Å². The zero-order valence-corrected chi connectivity index (χ0v) is 39.4. The van der Waals surface area contributed by atoms with E-state index in [-0.39, 0.29) is 10.8 Å². The van der Waals surface area contributed by atoms with Crippen molar-refractivity contribution >= 4 is 27.8 Å². The van der Waals surface area contributed by atoms with Gasteiger partial charge in [0.15, 0.2) is 0 Å². The molecule has 2 aliphatic carbocycles. The zero-order chi connectivity index (χ0) is 46.0. The third kappa shape index (κ3) is 6.83. The Morgan fingerprint density at radius 3 is 1.46 bits per heavy atom. The molecule has 0 amide bonds. The summed E-state index contributed by atoms with van der Waals surface area (Å²) < 4.78 is 0. The maximum atomic E-state index is 2.56. The van der Waals surface area contributed by atoms with Crippen LogP contribution in [0, 0.1) is 0 Å². The predicted molar refractivity (Wildman–Crippen MR) is 288 cm³/mol. The molecule has 0 saturated carbocycles. The normalized spacial score (nSPS) is 15.0. The summed E-state index contributed by atoms with van der Waals surface area (Å²) in [6, 6.07) is 88.6. The van der Waals surface area contributed by atoms with E-state index < -0.39 is 5.41 Å². The molecule has 0 heterocycles. The summed E-state index contributed by atoms with van der Waals surface area (Å²) in [5.41, 5.74) is 20.8. The molecule has 0 unspecified atom stereocenters. The molecule has 1 nitrogen and oxygen atoms in total. The van der Waals surface area contributed by atoms with E-state index in [1.165, 1.54) is 95.1 Å². The van der Waals surface area contributed by atoms with Gasteiger partial charge in [0, 0.05) is 16.9 Å². The van der Waals surface area contributed by atoms with Crippen molar-refractivity contribution in [2.75, 3.05) is 4.90 Å². The van der Waals surface area contributed by atoms with Gasteiger partial charge < -0.3 is 4.90 Å². The molecule has 0 saturated heterocycles. The highest BCUT2D eigenvalue weighted by Crippen LogP contribution is 2.59. The highest BCUT2D eigenvalue weighted by molar-refractivity contribution is 5.97. The summed E-state index contributed by atoms with van der Waals surface area (Å²) in [6.07, 6.45) is 2.33. The van der Waals surface area contributed by atoms with Crippen LogP contribution in [0.15, 0.2) is 237 Å². The number of benzene rings is 10. The van der Waals surface area contributed by atoms with Crippen LogP contribution in [0.3, 0.4) is 0 Å². The van der Waals surface area contributed by atoms with Crippen molar-refractivity contribution in [3.05, 3.63) is 270 Å². The van der Waals surface area contributed by atoms with E-state index >= 15 is 0 Å². The standard InChI is InChI=1S/C67H55N/c1-65(2)40-41-66(3,4)63-43-52(34-39-61(63)65)58-44-59-57-26-16-17-27-60(57)67(53-22-10-6-11-23-53,54-24-12-7-13-25-54)62(59)45-64(58)68(55-35-30-48(31-36-55)46-18-8-5-9-19-46)56-37-32-49(33-38-56)51-29-28-47-20-14-15-21-50(47)42-51/h5-39,42-45H,40-41H2,1-4H3. The summed E-state index contributed by atoms with van der Waals surface area (Å²) in [4.78, 5) is 2.52. The lowest BCUT2D eigenvalue weighted by atomic mass is 9.63. The lowest BCUT2D eigenvalue weighted by Gasteiger charge is -2.42. The van der Waals surface area contributed by atoms with Gasteiger partial charge in [0.1, 0.15) is 0 Å². The van der Waals surface area contributed by atoms with Gasteiger partial charge in [0.2, 0.25) is 0 Å². The Bertz CT molecular complexity index is 3430. The molecule has 10 aromatic rings. The highest BCUT2D eigenvalue weighted by atomic mass is 15.1. The Kier molecular flexibility index (Phi) is 9.96. The van der Waals surface area contributed by atoms with E-state index in [0.29, 0.717) is 0 Å². The number of hydrogen-bond acceptors (Lipinski definition) is 1. The quantitative estimate of drug-likeness (QED) is 0.147. The lowest BCUT2D eigenvalue weighted by Crippen LogP contribution is -2.33. The molecule has 68 heavy (non-hydrogen) atoms. The average molecular weight is 874 g/mol. The van der Waals surface area contributed by atoms with Crippen LogP contribution in [-0.2, 0) is 16.2 Å². The second-order valence-electron chi connectivity index (χ2n) is 20.3. The third-order valence-electron chi connectivity index (χ3n) is 15.4. The molecule has 0 atom stereocenters. The molecule has 12 rings (SSSR count). The van der Waals surface area contributed by atoms with Gasteiger partial charge in [-0.15, -0.1) is 0 Å². The van der Waals surface area contributed by atoms with E-state index in [0.717, 1.165) is 23.5 Å². The van der Waals surface area contributed by atoms with Gasteiger partial charge in [-0.05, 0) is 149 Å². The van der Waals surface area contributed by atoms with Crippen LogP contribution in [-0.4, -0.2) is 0 Å². The SMILES string of the molecule is CC1(C)CCC(C)(C)c2cc(-c3cc4c(cc3N(c3ccc(-c5ccccc5)cc3)c3ccc(-c5ccc6ccccc6c5)cc3)C(c3ccccc3)(c3ccccc3)c3ccccc3-4)ccc21. The van der Waals surface area contributed by atoms with E-state index in [4.69, 9.17) is 0 Å². The molecular weight excluding hydrogens is 819 g/mol. The van der Waals surface area contributed by atoms with Crippen LogP contribution in [0.4, 0.5) is 17.1 Å². The molecule has 0 aromatic heterocycles. The number of rotatable bonds is 8. The fourth-order valence-electron chi connectivity index (χ4n) is 11.7. The second kappa shape index (κ2) is 16.2. The summed E-state index contributed by atoms with van der Waals surface area (Å²) in [5, 5.41) is 2.50. The topological polar surface area (TPSA) is 3.24 Å². The summed E-state index contributed by atoms with van der Waals surface area (Å²) >= 11 is 0. The fraction of sp³-hybridized carbons (Fsp3) is 0.134. The lowest BCUT2D eigenvalue weighted by molar-refractivity contribution is 0.332. The van der Waals surface area contributed by atoms with Crippen LogP contribution in [0.25, 0.3) is 55.3 Å². The van der Waals surface area contributed by atoms with Crippen molar-refractivity contribution in [2.24, 2.45) is 0 Å². The van der Waals surface area contributed by atoms with Gasteiger partial charge in [-0.3, -0.25) is 0 Å². The summed E-state index contributed by atoms with van der Waals surface area (Å²) in [7, 11) is 0. The van der Waals surface area contributed by atoms with Crippen molar-refractivity contribution in [1.82, 2.24) is 0 Å². The summed E-state index contributed by atoms with van der Waals surface area (Å²) in [6.45, 7) is 9.73. The molecule has 1 heteroatoms. The first-order valence-electron chi connectivity index (χ1n) is 24.3. The van der Waals surface area contributed by atoms with Gasteiger partial charge in [-0.1, -0.05) is 222 Å². The zero-order valence-electron chi connectivity index (χ0n) is 39.4. The van der Waals surface area contributed by atoms with Crippen LogP contribution in [0.1, 0.15) is 73.9 Å². The van der Waals surface area contributed by atoms with Crippen molar-refractivity contribution in [3.8, 4) is 44.5 Å². The Morgan fingerprint density at radius 2 is 0.809 bits per heavy atom.